The normalized spacial score (nSPS) is 15.2. The third-order valence-electron chi connectivity index (χ3n) is 6.49. The van der Waals surface area contributed by atoms with Gasteiger partial charge in [-0.3, -0.25) is 9.59 Å². The maximum absolute atomic E-state index is 13.8. The van der Waals surface area contributed by atoms with E-state index in [1.807, 2.05) is 0 Å². The van der Waals surface area contributed by atoms with E-state index in [0.29, 0.717) is 48.6 Å². The van der Waals surface area contributed by atoms with Crippen LogP contribution in [0.2, 0.25) is 0 Å². The van der Waals surface area contributed by atoms with Crippen LogP contribution in [0.4, 0.5) is 4.79 Å². The fraction of sp³-hybridized carbons (Fsp3) is 0.250. The summed E-state index contributed by atoms with van der Waals surface area (Å²) < 4.78 is 28.0. The summed E-state index contributed by atoms with van der Waals surface area (Å²) in [6.07, 6.45) is 0.654. The minimum absolute atomic E-state index is 0.0536. The van der Waals surface area contributed by atoms with Crippen molar-refractivity contribution in [3.63, 3.8) is 0 Å². The number of ketones is 2. The van der Waals surface area contributed by atoms with Crippen LogP contribution in [0.3, 0.4) is 0 Å². The van der Waals surface area contributed by atoms with E-state index in [-0.39, 0.29) is 39.5 Å². The monoisotopic (exact) mass is 503 g/mol. The van der Waals surface area contributed by atoms with Gasteiger partial charge in [0, 0.05) is 35.2 Å². The number of Topliss-reactive ketones (excluding diaryl/α,β-unsaturated/α-hetero) is 1. The van der Waals surface area contributed by atoms with Gasteiger partial charge in [-0.1, -0.05) is 24.3 Å². The predicted molar refractivity (Wildman–Crippen MR) is 135 cm³/mol. The SMILES string of the molecule is COc1cccc2c1C(=O)C(c1cc(OC)c3cccc(OC)c3c1OC(=O)N1CCOCC1)=CC2=O. The highest BCUT2D eigenvalue weighted by Crippen LogP contribution is 2.46. The average Bonchev–Trinajstić information content (AvgIpc) is 2.94. The number of methoxy groups -OCH3 is 3. The Bertz CT molecular complexity index is 1450. The molecule has 1 amide bonds. The largest absolute Gasteiger partial charge is 0.496 e. The van der Waals surface area contributed by atoms with Crippen LogP contribution in [0.1, 0.15) is 26.3 Å². The molecule has 9 heteroatoms. The molecular weight excluding hydrogens is 478 g/mol. The van der Waals surface area contributed by atoms with E-state index in [0.717, 1.165) is 0 Å². The van der Waals surface area contributed by atoms with Gasteiger partial charge in [0.1, 0.15) is 17.2 Å². The van der Waals surface area contributed by atoms with Crippen LogP contribution in [0, 0.1) is 0 Å². The Morgan fingerprint density at radius 2 is 1.54 bits per heavy atom. The lowest BCUT2D eigenvalue weighted by atomic mass is 9.84. The number of carbonyl (C=O) groups is 3. The number of allylic oxidation sites excluding steroid dienone is 2. The Hall–Kier alpha value is -4.37. The third-order valence-corrected chi connectivity index (χ3v) is 6.49. The molecule has 0 saturated carbocycles. The maximum atomic E-state index is 13.8. The summed E-state index contributed by atoms with van der Waals surface area (Å²) in [5.41, 5.74) is 0.672. The fourth-order valence-corrected chi connectivity index (χ4v) is 4.67. The number of carbonyl (C=O) groups excluding carboxylic acids is 3. The number of amides is 1. The van der Waals surface area contributed by atoms with Crippen LogP contribution in [0.25, 0.3) is 16.3 Å². The van der Waals surface area contributed by atoms with Gasteiger partial charge in [-0.2, -0.15) is 0 Å². The minimum atomic E-state index is -0.602. The number of fused-ring (bicyclic) bond motifs is 2. The highest BCUT2D eigenvalue weighted by Gasteiger charge is 2.33. The van der Waals surface area contributed by atoms with Crippen molar-refractivity contribution in [3.05, 3.63) is 65.2 Å². The fourth-order valence-electron chi connectivity index (χ4n) is 4.67. The first-order valence-electron chi connectivity index (χ1n) is 11.7. The van der Waals surface area contributed by atoms with Gasteiger partial charge in [0.2, 0.25) is 0 Å². The standard InChI is InChI=1S/C28H25NO8/c1-33-21-8-4-6-16-20(30)14-18(26(31)24(16)21)19-15-23(35-3)17-7-5-9-22(34-2)25(17)27(19)37-28(32)29-10-12-36-13-11-29/h4-9,14-15H,10-13H2,1-3H3. The summed E-state index contributed by atoms with van der Waals surface area (Å²) in [5.74, 6) is 0.395. The van der Waals surface area contributed by atoms with Crippen LogP contribution in [-0.2, 0) is 4.74 Å². The highest BCUT2D eigenvalue weighted by atomic mass is 16.6. The molecule has 5 rings (SSSR count). The summed E-state index contributed by atoms with van der Waals surface area (Å²) in [7, 11) is 4.43. The van der Waals surface area contributed by atoms with Crippen LogP contribution < -0.4 is 18.9 Å². The van der Waals surface area contributed by atoms with Crippen LogP contribution in [-0.4, -0.2) is 70.2 Å². The van der Waals surface area contributed by atoms with E-state index in [4.69, 9.17) is 23.7 Å². The lowest BCUT2D eigenvalue weighted by molar-refractivity contribution is 0.0417. The van der Waals surface area contributed by atoms with Gasteiger partial charge >= 0.3 is 6.09 Å². The van der Waals surface area contributed by atoms with E-state index in [1.165, 1.54) is 32.3 Å². The number of benzene rings is 3. The number of hydrogen-bond donors (Lipinski definition) is 0. The number of rotatable bonds is 5. The van der Waals surface area contributed by atoms with Crippen LogP contribution in [0.15, 0.2) is 48.5 Å². The Morgan fingerprint density at radius 1 is 0.865 bits per heavy atom. The van der Waals surface area contributed by atoms with Crippen LogP contribution >= 0.6 is 0 Å². The zero-order valence-corrected chi connectivity index (χ0v) is 20.7. The van der Waals surface area contributed by atoms with Crippen molar-refractivity contribution in [2.24, 2.45) is 0 Å². The van der Waals surface area contributed by atoms with E-state index < -0.39 is 11.9 Å². The molecule has 9 nitrogen and oxygen atoms in total. The number of nitrogens with zero attached hydrogens (tertiary/aromatic N) is 1. The van der Waals surface area contributed by atoms with Crippen molar-refractivity contribution in [2.75, 3.05) is 47.6 Å². The van der Waals surface area contributed by atoms with Crippen molar-refractivity contribution >= 4 is 34.0 Å². The van der Waals surface area contributed by atoms with Crippen molar-refractivity contribution < 1.29 is 38.1 Å². The molecule has 0 radical (unpaired) electrons. The van der Waals surface area contributed by atoms with Crippen molar-refractivity contribution in [1.82, 2.24) is 4.90 Å². The molecule has 0 aromatic heterocycles. The smallest absolute Gasteiger partial charge is 0.415 e. The minimum Gasteiger partial charge on any atom is -0.496 e. The number of hydrogen-bond acceptors (Lipinski definition) is 8. The van der Waals surface area contributed by atoms with Crippen LogP contribution in [0.5, 0.6) is 23.0 Å². The molecule has 0 atom stereocenters. The molecule has 1 heterocycles. The summed E-state index contributed by atoms with van der Waals surface area (Å²) in [5, 5.41) is 1.05. The number of morpholine rings is 1. The molecule has 1 aliphatic carbocycles. The zero-order chi connectivity index (χ0) is 26.1. The molecule has 0 bridgehead atoms. The second kappa shape index (κ2) is 9.94. The molecule has 0 unspecified atom stereocenters. The van der Waals surface area contributed by atoms with Gasteiger partial charge in [-0.05, 0) is 24.3 Å². The van der Waals surface area contributed by atoms with E-state index >= 15 is 0 Å². The molecule has 1 fully saturated rings. The van der Waals surface area contributed by atoms with E-state index in [2.05, 4.69) is 0 Å². The van der Waals surface area contributed by atoms with E-state index in [9.17, 15) is 14.4 Å². The van der Waals surface area contributed by atoms with E-state index in [1.54, 1.807) is 42.5 Å². The quantitative estimate of drug-likeness (QED) is 0.512. The molecule has 190 valence electrons. The Balaban J connectivity index is 1.75. The first-order chi connectivity index (χ1) is 18.0. The third kappa shape index (κ3) is 4.17. The summed E-state index contributed by atoms with van der Waals surface area (Å²) >= 11 is 0. The summed E-state index contributed by atoms with van der Waals surface area (Å²) in [6.45, 7) is 1.51. The molecule has 1 saturated heterocycles. The predicted octanol–water partition coefficient (Wildman–Crippen LogP) is 4.16. The lowest BCUT2D eigenvalue weighted by Gasteiger charge is -2.27. The maximum Gasteiger partial charge on any atom is 0.415 e. The second-order valence-corrected chi connectivity index (χ2v) is 8.44. The number of ether oxygens (including phenoxy) is 5. The summed E-state index contributed by atoms with van der Waals surface area (Å²) in [4.78, 5) is 41.7. The first-order valence-corrected chi connectivity index (χ1v) is 11.7. The molecule has 37 heavy (non-hydrogen) atoms. The molecule has 0 N–H and O–H groups in total. The van der Waals surface area contributed by atoms with Gasteiger partial charge < -0.3 is 28.6 Å². The Labute approximate surface area is 213 Å². The topological polar surface area (TPSA) is 101 Å². The van der Waals surface area contributed by atoms with Gasteiger partial charge in [0.15, 0.2) is 17.3 Å². The van der Waals surface area contributed by atoms with Gasteiger partial charge in [0.05, 0.1) is 45.5 Å². The average molecular weight is 504 g/mol. The van der Waals surface area contributed by atoms with Gasteiger partial charge in [-0.15, -0.1) is 0 Å². The van der Waals surface area contributed by atoms with Crippen molar-refractivity contribution in [2.45, 2.75) is 0 Å². The Kier molecular flexibility index (Phi) is 6.54. The molecule has 1 aliphatic heterocycles. The molecule has 0 spiro atoms. The first kappa shape index (κ1) is 24.3. The second-order valence-electron chi connectivity index (χ2n) is 8.44. The molecular formula is C28H25NO8. The molecule has 3 aromatic rings. The highest BCUT2D eigenvalue weighted by molar-refractivity contribution is 6.40. The summed E-state index contributed by atoms with van der Waals surface area (Å²) in [6, 6.07) is 11.8. The van der Waals surface area contributed by atoms with Gasteiger partial charge in [-0.25, -0.2) is 4.79 Å². The van der Waals surface area contributed by atoms with Crippen molar-refractivity contribution in [1.29, 1.82) is 0 Å². The lowest BCUT2D eigenvalue weighted by Crippen LogP contribution is -2.42. The zero-order valence-electron chi connectivity index (χ0n) is 20.7. The molecule has 2 aliphatic rings. The Morgan fingerprint density at radius 3 is 2.24 bits per heavy atom. The van der Waals surface area contributed by atoms with Gasteiger partial charge in [0.25, 0.3) is 0 Å². The van der Waals surface area contributed by atoms with Crippen molar-refractivity contribution in [3.8, 4) is 23.0 Å². The molecule has 3 aromatic carbocycles.